The van der Waals surface area contributed by atoms with Crippen LogP contribution < -0.4 is 10.5 Å². The second kappa shape index (κ2) is 4.85. The first-order chi connectivity index (χ1) is 7.66. The summed E-state index contributed by atoms with van der Waals surface area (Å²) in [7, 11) is 0. The summed E-state index contributed by atoms with van der Waals surface area (Å²) in [4.78, 5) is 0. The van der Waals surface area contributed by atoms with Crippen LogP contribution in [0.1, 0.15) is 31.0 Å². The summed E-state index contributed by atoms with van der Waals surface area (Å²) in [5.41, 5.74) is 8.46. The van der Waals surface area contributed by atoms with Crippen LogP contribution in [-0.4, -0.2) is 19.3 Å². The molecule has 2 rings (SSSR count). The summed E-state index contributed by atoms with van der Waals surface area (Å²) < 4.78 is 11.0. The smallest absolute Gasteiger partial charge is 0.122 e. The van der Waals surface area contributed by atoms with Gasteiger partial charge in [0.05, 0.1) is 25.4 Å². The van der Waals surface area contributed by atoms with Gasteiger partial charge in [-0.2, -0.15) is 0 Å². The first-order valence-electron chi connectivity index (χ1n) is 5.79. The summed E-state index contributed by atoms with van der Waals surface area (Å²) in [5, 5.41) is 0. The van der Waals surface area contributed by atoms with Crippen LogP contribution in [0.15, 0.2) is 18.2 Å². The minimum atomic E-state index is -0.0479. The maximum absolute atomic E-state index is 6.07. The van der Waals surface area contributed by atoms with Crippen molar-refractivity contribution < 1.29 is 9.47 Å². The second-order valence-electron chi connectivity index (χ2n) is 4.45. The minimum Gasteiger partial charge on any atom is -0.493 e. The van der Waals surface area contributed by atoms with Gasteiger partial charge in [-0.25, -0.2) is 0 Å². The van der Waals surface area contributed by atoms with Gasteiger partial charge in [0.15, 0.2) is 0 Å². The number of hydrogen-bond acceptors (Lipinski definition) is 3. The predicted octanol–water partition coefficient (Wildman–Crippen LogP) is 2.05. The van der Waals surface area contributed by atoms with E-state index in [1.165, 1.54) is 5.56 Å². The molecule has 1 unspecified atom stereocenters. The van der Waals surface area contributed by atoms with E-state index in [0.717, 1.165) is 24.3 Å². The SMILES string of the molecule is CC(C)OCC(N)c1ccc2c(c1)CCO2. The Kier molecular flexibility index (Phi) is 3.46. The van der Waals surface area contributed by atoms with Gasteiger partial charge in [0, 0.05) is 6.42 Å². The number of rotatable bonds is 4. The van der Waals surface area contributed by atoms with Gasteiger partial charge >= 0.3 is 0 Å². The molecule has 0 fully saturated rings. The van der Waals surface area contributed by atoms with Crippen LogP contribution >= 0.6 is 0 Å². The van der Waals surface area contributed by atoms with E-state index in [0.29, 0.717) is 6.61 Å². The molecule has 1 aliphatic heterocycles. The standard InChI is InChI=1S/C13H19NO2/c1-9(2)16-8-12(14)10-3-4-13-11(7-10)5-6-15-13/h3-4,7,9,12H,5-6,8,14H2,1-2H3. The Morgan fingerprint density at radius 2 is 2.25 bits per heavy atom. The van der Waals surface area contributed by atoms with Crippen molar-refractivity contribution in [2.45, 2.75) is 32.4 Å². The van der Waals surface area contributed by atoms with Gasteiger partial charge < -0.3 is 15.2 Å². The average Bonchev–Trinajstić information content (AvgIpc) is 2.72. The molecule has 1 atom stereocenters. The zero-order chi connectivity index (χ0) is 11.5. The normalized spacial score (nSPS) is 16.0. The summed E-state index contributed by atoms with van der Waals surface area (Å²) in [6, 6.07) is 6.12. The van der Waals surface area contributed by atoms with Gasteiger partial charge in [-0.3, -0.25) is 0 Å². The van der Waals surface area contributed by atoms with E-state index >= 15 is 0 Å². The number of benzene rings is 1. The van der Waals surface area contributed by atoms with Crippen molar-refractivity contribution in [2.75, 3.05) is 13.2 Å². The number of fused-ring (bicyclic) bond motifs is 1. The van der Waals surface area contributed by atoms with Crippen molar-refractivity contribution in [1.82, 2.24) is 0 Å². The number of nitrogens with two attached hydrogens (primary N) is 1. The molecule has 3 nitrogen and oxygen atoms in total. The fraction of sp³-hybridized carbons (Fsp3) is 0.538. The third-order valence-electron chi connectivity index (χ3n) is 2.75. The van der Waals surface area contributed by atoms with Crippen molar-refractivity contribution in [1.29, 1.82) is 0 Å². The lowest BCUT2D eigenvalue weighted by Crippen LogP contribution is -2.19. The van der Waals surface area contributed by atoms with Gasteiger partial charge in [-0.15, -0.1) is 0 Å². The fourth-order valence-corrected chi connectivity index (χ4v) is 1.83. The number of ether oxygens (including phenoxy) is 2. The van der Waals surface area contributed by atoms with E-state index in [1.54, 1.807) is 0 Å². The van der Waals surface area contributed by atoms with E-state index < -0.39 is 0 Å². The minimum absolute atomic E-state index is 0.0479. The molecule has 0 saturated heterocycles. The van der Waals surface area contributed by atoms with Crippen molar-refractivity contribution in [3.8, 4) is 5.75 Å². The molecule has 0 bridgehead atoms. The van der Waals surface area contributed by atoms with Crippen LogP contribution in [0.3, 0.4) is 0 Å². The van der Waals surface area contributed by atoms with Crippen LogP contribution in [0.4, 0.5) is 0 Å². The molecule has 1 aromatic carbocycles. The third kappa shape index (κ3) is 2.54. The second-order valence-corrected chi connectivity index (χ2v) is 4.45. The Balaban J connectivity index is 2.03. The molecule has 88 valence electrons. The molecular weight excluding hydrogens is 202 g/mol. The zero-order valence-corrected chi connectivity index (χ0v) is 9.90. The van der Waals surface area contributed by atoms with Crippen LogP contribution in [0.5, 0.6) is 5.75 Å². The highest BCUT2D eigenvalue weighted by molar-refractivity contribution is 5.40. The molecule has 1 aromatic rings. The first-order valence-corrected chi connectivity index (χ1v) is 5.79. The summed E-state index contributed by atoms with van der Waals surface area (Å²) in [6.45, 7) is 5.39. The van der Waals surface area contributed by atoms with Crippen molar-refractivity contribution in [3.63, 3.8) is 0 Å². The highest BCUT2D eigenvalue weighted by atomic mass is 16.5. The lowest BCUT2D eigenvalue weighted by atomic mass is 10.0. The van der Waals surface area contributed by atoms with Crippen molar-refractivity contribution in [2.24, 2.45) is 5.73 Å². The molecule has 0 aromatic heterocycles. The highest BCUT2D eigenvalue weighted by Crippen LogP contribution is 2.27. The molecule has 1 heterocycles. The van der Waals surface area contributed by atoms with Crippen LogP contribution in [0, 0.1) is 0 Å². The van der Waals surface area contributed by atoms with Crippen molar-refractivity contribution >= 4 is 0 Å². The summed E-state index contributed by atoms with van der Waals surface area (Å²) >= 11 is 0. The predicted molar refractivity (Wildman–Crippen MR) is 63.7 cm³/mol. The largest absolute Gasteiger partial charge is 0.493 e. The van der Waals surface area contributed by atoms with Gasteiger partial charge in [0.1, 0.15) is 5.75 Å². The van der Waals surface area contributed by atoms with Gasteiger partial charge in [-0.1, -0.05) is 12.1 Å². The zero-order valence-electron chi connectivity index (χ0n) is 9.90. The number of hydrogen-bond donors (Lipinski definition) is 1. The Morgan fingerprint density at radius 1 is 1.44 bits per heavy atom. The highest BCUT2D eigenvalue weighted by Gasteiger charge is 2.15. The maximum atomic E-state index is 6.07. The Hall–Kier alpha value is -1.06. The van der Waals surface area contributed by atoms with E-state index in [4.69, 9.17) is 15.2 Å². The van der Waals surface area contributed by atoms with E-state index in [1.807, 2.05) is 26.0 Å². The van der Waals surface area contributed by atoms with Gasteiger partial charge in [0.2, 0.25) is 0 Å². The Morgan fingerprint density at radius 3 is 3.00 bits per heavy atom. The molecular formula is C13H19NO2. The lowest BCUT2D eigenvalue weighted by molar-refractivity contribution is 0.0683. The lowest BCUT2D eigenvalue weighted by Gasteiger charge is -2.15. The topological polar surface area (TPSA) is 44.5 Å². The first kappa shape index (κ1) is 11.4. The molecule has 0 saturated carbocycles. The average molecular weight is 221 g/mol. The van der Waals surface area contributed by atoms with Crippen molar-refractivity contribution in [3.05, 3.63) is 29.3 Å². The van der Waals surface area contributed by atoms with Gasteiger partial charge in [-0.05, 0) is 31.0 Å². The molecule has 0 spiro atoms. The van der Waals surface area contributed by atoms with E-state index in [9.17, 15) is 0 Å². The monoisotopic (exact) mass is 221 g/mol. The van der Waals surface area contributed by atoms with E-state index in [2.05, 4.69) is 6.07 Å². The molecule has 0 radical (unpaired) electrons. The van der Waals surface area contributed by atoms with Gasteiger partial charge in [0.25, 0.3) is 0 Å². The molecule has 1 aliphatic rings. The molecule has 3 heteroatoms. The Bertz CT molecular complexity index is 363. The quantitative estimate of drug-likeness (QED) is 0.846. The summed E-state index contributed by atoms with van der Waals surface area (Å²) in [6.07, 6.45) is 1.21. The third-order valence-corrected chi connectivity index (χ3v) is 2.75. The molecule has 16 heavy (non-hydrogen) atoms. The fourth-order valence-electron chi connectivity index (χ4n) is 1.83. The Labute approximate surface area is 96.5 Å². The van der Waals surface area contributed by atoms with Crippen LogP contribution in [-0.2, 0) is 11.2 Å². The van der Waals surface area contributed by atoms with Crippen LogP contribution in [0.25, 0.3) is 0 Å². The maximum Gasteiger partial charge on any atom is 0.122 e. The van der Waals surface area contributed by atoms with Crippen LogP contribution in [0.2, 0.25) is 0 Å². The molecule has 0 amide bonds. The van der Waals surface area contributed by atoms with E-state index in [-0.39, 0.29) is 12.1 Å². The summed E-state index contributed by atoms with van der Waals surface area (Å²) in [5.74, 6) is 1.00. The molecule has 0 aliphatic carbocycles. The molecule has 2 N–H and O–H groups in total.